The van der Waals surface area contributed by atoms with Crippen molar-refractivity contribution in [3.8, 4) is 23.0 Å². The fourth-order valence-electron chi connectivity index (χ4n) is 2.70. The van der Waals surface area contributed by atoms with E-state index in [1.165, 1.54) is 13.2 Å². The van der Waals surface area contributed by atoms with Gasteiger partial charge in [0.05, 0.1) is 39.5 Å². The van der Waals surface area contributed by atoms with Gasteiger partial charge in [0.25, 0.3) is 5.97 Å². The number of para-hydroxylation sites is 2. The molecule has 0 aliphatic carbocycles. The molecule has 16 heteroatoms. The van der Waals surface area contributed by atoms with E-state index < -0.39 is 11.9 Å². The average molecular weight is 741 g/mol. The van der Waals surface area contributed by atoms with Crippen molar-refractivity contribution in [2.75, 3.05) is 52.7 Å². The Hall–Kier alpha value is -2.54. The molecule has 44 heavy (non-hydrogen) atoms. The monoisotopic (exact) mass is 741 g/mol. The molecule has 1 aliphatic rings. The van der Waals surface area contributed by atoms with Crippen LogP contribution in [0.25, 0.3) is 0 Å². The molecule has 1 heterocycles. The van der Waals surface area contributed by atoms with E-state index in [1.807, 2.05) is 0 Å². The van der Waals surface area contributed by atoms with Gasteiger partial charge in [-0.25, -0.2) is 0 Å². The number of phenolic OH excluding ortho intramolecular Hbond substituents is 2. The van der Waals surface area contributed by atoms with Crippen LogP contribution in [0.1, 0.15) is 31.9 Å². The molecule has 3 rings (SSSR count). The van der Waals surface area contributed by atoms with Crippen LogP contribution < -0.4 is 14.6 Å². The zero-order valence-corrected chi connectivity index (χ0v) is 29.3. The standard InChI is InChI=1S/C22H26N2O6.2C2H4O2.C2H3O.Co.H2O.Sr/c25-21-17-3-1-5-19(21)29-13-11-27-9-10-28-12-14-30-20-6-2-4-18(22(20)26)16-24-8-7-23-15-17;2*1-2(3)4;1-2-3;;;/h1-6,15-16,25-26H,7-14H2;2*1H3,(H,3,4);1H3;;1H2;/q;;;-1;;;+2/p-1. The van der Waals surface area contributed by atoms with Crippen LogP contribution in [-0.4, -0.2) is 150 Å². The topological polar surface area (TPSA) is 228 Å². The Morgan fingerprint density at radius 1 is 0.795 bits per heavy atom. The second-order valence-corrected chi connectivity index (χ2v) is 7.59. The quantitative estimate of drug-likeness (QED) is 0.244. The molecule has 243 valence electrons. The Bertz CT molecular complexity index is 1030. The van der Waals surface area contributed by atoms with Crippen molar-refractivity contribution in [1.29, 1.82) is 0 Å². The smallest absolute Gasteiger partial charge is 0.550 e. The summed E-state index contributed by atoms with van der Waals surface area (Å²) in [6, 6.07) is 10.5. The molecule has 0 saturated carbocycles. The number of carboxylic acids is 2. The maximum atomic E-state index is 10.3. The summed E-state index contributed by atoms with van der Waals surface area (Å²) >= 11 is 0. The van der Waals surface area contributed by atoms with Crippen LogP contribution in [0.5, 0.6) is 23.0 Å². The fraction of sp³-hybridized carbons (Fsp3) is 0.393. The van der Waals surface area contributed by atoms with Gasteiger partial charge in [0.1, 0.15) is 13.2 Å². The van der Waals surface area contributed by atoms with Crippen molar-refractivity contribution >= 4 is 76.1 Å². The molecule has 0 aromatic heterocycles. The number of aliphatic imine (C=N–C) groups is 2. The average Bonchev–Trinajstić information content (AvgIpc) is 2.89. The van der Waals surface area contributed by atoms with Crippen LogP contribution in [0, 0.1) is 0 Å². The number of hydrogen-bond acceptors (Lipinski definition) is 12. The van der Waals surface area contributed by atoms with Crippen molar-refractivity contribution < 1.29 is 76.0 Å². The molecule has 0 unspecified atom stereocenters. The van der Waals surface area contributed by atoms with Gasteiger partial charge >= 0.3 is 45.5 Å². The summed E-state index contributed by atoms with van der Waals surface area (Å²) in [6.45, 7) is 6.43. The summed E-state index contributed by atoms with van der Waals surface area (Å²) in [4.78, 5) is 35.2. The molecule has 5 N–H and O–H groups in total. The first-order valence-electron chi connectivity index (χ1n) is 12.3. The second kappa shape index (κ2) is 31.9. The molecular weight excluding hydrogens is 703 g/mol. The number of carbonyl (C=O) groups excluding carboxylic acids is 2. The summed E-state index contributed by atoms with van der Waals surface area (Å²) in [5, 5.41) is 37.0. The number of rotatable bonds is 0. The predicted octanol–water partition coefficient (Wildman–Crippen LogP) is 0.195. The minimum absolute atomic E-state index is 0. The molecule has 1 radical (unpaired) electrons. The molecule has 14 nitrogen and oxygen atoms in total. The van der Waals surface area contributed by atoms with Gasteiger partial charge < -0.3 is 54.4 Å². The van der Waals surface area contributed by atoms with Gasteiger partial charge in [-0.05, 0) is 31.2 Å². The van der Waals surface area contributed by atoms with Gasteiger partial charge in [0.2, 0.25) is 0 Å². The number of ether oxygens (including phenoxy) is 4. The van der Waals surface area contributed by atoms with Crippen molar-refractivity contribution in [3.05, 3.63) is 47.5 Å². The Balaban J connectivity index is -0.000000497. The van der Waals surface area contributed by atoms with E-state index in [9.17, 15) is 10.2 Å². The molecule has 0 amide bonds. The van der Waals surface area contributed by atoms with Gasteiger partial charge in [-0.3, -0.25) is 21.1 Å². The van der Waals surface area contributed by atoms with Gasteiger partial charge in [0.15, 0.2) is 23.0 Å². The van der Waals surface area contributed by atoms with E-state index in [0.29, 0.717) is 75.4 Å². The first-order valence-corrected chi connectivity index (χ1v) is 12.3. The van der Waals surface area contributed by atoms with Crippen LogP contribution >= 0.6 is 0 Å². The summed E-state index contributed by atoms with van der Waals surface area (Å²) in [6.07, 6.45) is 4.67. The maximum absolute atomic E-state index is 10.3. The van der Waals surface area contributed by atoms with Crippen LogP contribution in [0.3, 0.4) is 0 Å². The second-order valence-electron chi connectivity index (χ2n) is 7.59. The van der Waals surface area contributed by atoms with E-state index in [-0.39, 0.29) is 79.2 Å². The molecule has 0 fully saturated rings. The number of nitrogens with zero attached hydrogens (tertiary/aromatic N) is 2. The first-order chi connectivity index (χ1) is 19.6. The molecule has 0 atom stereocenters. The minimum Gasteiger partial charge on any atom is -0.550 e. The number of aliphatic carboxylic acids is 2. The van der Waals surface area contributed by atoms with Crippen LogP contribution in [0.15, 0.2) is 46.4 Å². The van der Waals surface area contributed by atoms with Gasteiger partial charge in [0, 0.05) is 53.2 Å². The van der Waals surface area contributed by atoms with E-state index in [0.717, 1.165) is 13.8 Å². The zero-order chi connectivity index (χ0) is 30.9. The SMILES string of the molecule is CC(=O)O.CC(=O)[O-].C[C-]=O.O.Oc1c2cccc1OCCOCCOCCOc1cccc(c1O)C=NCCN=C2.[Co].[Sr+2]. The Labute approximate surface area is 303 Å². The Morgan fingerprint density at radius 2 is 1.09 bits per heavy atom. The molecule has 2 aromatic carbocycles. The first kappa shape index (κ1) is 48.4. The molecule has 1 aliphatic heterocycles. The largest absolute Gasteiger partial charge is 2.00 e. The number of benzene rings is 2. The van der Waals surface area contributed by atoms with Crippen molar-refractivity contribution in [1.82, 2.24) is 0 Å². The van der Waals surface area contributed by atoms with E-state index >= 15 is 0 Å². The Morgan fingerprint density at radius 3 is 1.41 bits per heavy atom. The summed E-state index contributed by atoms with van der Waals surface area (Å²) in [5.74, 6) is -1.08. The van der Waals surface area contributed by atoms with Crippen LogP contribution in [0.2, 0.25) is 0 Å². The van der Waals surface area contributed by atoms with Gasteiger partial charge in [-0.2, -0.15) is 6.92 Å². The fourth-order valence-corrected chi connectivity index (χ4v) is 2.70. The molecular formula is C28H38CoN2O12Sr. The normalized spacial score (nSPS) is 12.7. The number of carboxylic acid groups (broad SMARTS) is 2. The third kappa shape index (κ3) is 25.9. The summed E-state index contributed by atoms with van der Waals surface area (Å²) in [7, 11) is 0. The maximum Gasteiger partial charge on any atom is 2.00 e. The number of aromatic hydroxyl groups is 2. The van der Waals surface area contributed by atoms with Gasteiger partial charge in [-0.1, -0.05) is 12.1 Å². The van der Waals surface area contributed by atoms with E-state index in [2.05, 4.69) is 9.98 Å². The molecule has 0 spiro atoms. The third-order valence-corrected chi connectivity index (χ3v) is 4.22. The van der Waals surface area contributed by atoms with Crippen molar-refractivity contribution in [3.63, 3.8) is 0 Å². The van der Waals surface area contributed by atoms with Crippen molar-refractivity contribution in [2.45, 2.75) is 20.8 Å². The minimum atomic E-state index is -1.08. The Kier molecular flexibility index (Phi) is 35.0. The number of fused-ring (bicyclic) bond motifs is 4. The van der Waals surface area contributed by atoms with Gasteiger partial charge in [-0.15, -0.1) is 0 Å². The summed E-state index contributed by atoms with van der Waals surface area (Å²) < 4.78 is 22.1. The van der Waals surface area contributed by atoms with Crippen molar-refractivity contribution in [2.24, 2.45) is 9.98 Å². The number of phenols is 2. The third-order valence-electron chi connectivity index (χ3n) is 4.22. The zero-order valence-electron chi connectivity index (χ0n) is 24.8. The number of carbonyl (C=O) groups is 2. The predicted molar refractivity (Wildman–Crippen MR) is 158 cm³/mol. The summed E-state index contributed by atoms with van der Waals surface area (Å²) in [5.41, 5.74) is 1.13. The molecule has 2 aromatic rings. The molecule has 0 saturated heterocycles. The van der Waals surface area contributed by atoms with Crippen LogP contribution in [-0.2, 0) is 40.6 Å². The molecule has 4 bridgehead atoms. The van der Waals surface area contributed by atoms with E-state index in [1.54, 1.807) is 48.8 Å². The van der Waals surface area contributed by atoms with Crippen LogP contribution in [0.4, 0.5) is 0 Å². The number of hydrogen-bond donors (Lipinski definition) is 3. The van der Waals surface area contributed by atoms with E-state index in [4.69, 9.17) is 43.5 Å².